The van der Waals surface area contributed by atoms with Crippen molar-refractivity contribution in [1.29, 1.82) is 5.26 Å². The summed E-state index contributed by atoms with van der Waals surface area (Å²) in [6, 6.07) is 0. The molecule has 0 bridgehead atoms. The zero-order valence-electron chi connectivity index (χ0n) is 5.12. The first kappa shape index (κ1) is 8.66. The van der Waals surface area contributed by atoms with Gasteiger partial charge in [0.15, 0.2) is 0 Å². The molecular weight excluding hydrogens is 156 g/mol. The molecule has 0 aliphatic rings. The molecule has 1 atom stereocenters. The van der Waals surface area contributed by atoms with Crippen molar-refractivity contribution < 1.29 is 4.79 Å². The first-order valence-corrected chi connectivity index (χ1v) is 4.87. The Morgan fingerprint density at radius 1 is 1.89 bits per heavy atom. The van der Waals surface area contributed by atoms with Gasteiger partial charge in [0.05, 0.1) is 0 Å². The molecular formula is C4H6N2OS2. The van der Waals surface area contributed by atoms with Crippen molar-refractivity contribution in [3.63, 3.8) is 0 Å². The molecule has 0 aliphatic carbocycles. The topological polar surface area (TPSA) is 53.2 Å². The maximum absolute atomic E-state index is 10.6. The third-order valence-corrected chi connectivity index (χ3v) is 2.98. The minimum absolute atomic E-state index is 0.0449. The van der Waals surface area contributed by atoms with Crippen molar-refractivity contribution in [3.8, 4) is 6.19 Å². The van der Waals surface area contributed by atoms with Crippen LogP contribution >= 0.6 is 11.8 Å². The lowest BCUT2D eigenvalue weighted by molar-refractivity contribution is 0.276. The predicted octanol–water partition coefficient (Wildman–Crippen LogP) is 1.38. The zero-order valence-corrected chi connectivity index (χ0v) is 6.75. The van der Waals surface area contributed by atoms with E-state index in [1.807, 2.05) is 0 Å². The molecule has 0 aromatic carbocycles. The van der Waals surface area contributed by atoms with Crippen LogP contribution in [0.3, 0.4) is 0 Å². The number of carbonyl (C=O) groups is 1. The molecule has 0 rings (SSSR count). The summed E-state index contributed by atoms with van der Waals surface area (Å²) in [5.41, 5.74) is 0. The second kappa shape index (κ2) is 4.53. The summed E-state index contributed by atoms with van der Waals surface area (Å²) >= 11 is 1.10. The van der Waals surface area contributed by atoms with Gasteiger partial charge in [-0.2, -0.15) is 5.26 Å². The van der Waals surface area contributed by atoms with Crippen LogP contribution in [0.1, 0.15) is 0 Å². The van der Waals surface area contributed by atoms with Gasteiger partial charge in [-0.1, -0.05) is 11.8 Å². The van der Waals surface area contributed by atoms with Gasteiger partial charge in [-0.15, -0.1) is 4.36 Å². The summed E-state index contributed by atoms with van der Waals surface area (Å²) in [5.74, 6) is 0. The summed E-state index contributed by atoms with van der Waals surface area (Å²) < 4.78 is 3.31. The number of carbonyl (C=O) groups excluding carboxylic acids is 1. The Morgan fingerprint density at radius 2 is 2.44 bits per heavy atom. The lowest BCUT2D eigenvalue weighted by Gasteiger charge is -1.89. The van der Waals surface area contributed by atoms with E-state index in [-0.39, 0.29) is 4.45 Å². The van der Waals surface area contributed by atoms with Gasteiger partial charge in [-0.3, -0.25) is 4.79 Å². The molecule has 0 N–H and O–H groups in total. The van der Waals surface area contributed by atoms with Gasteiger partial charge >= 0.3 is 0 Å². The summed E-state index contributed by atoms with van der Waals surface area (Å²) in [6.45, 7) is 0. The molecule has 0 aliphatic heterocycles. The lowest BCUT2D eigenvalue weighted by Crippen LogP contribution is -1.94. The van der Waals surface area contributed by atoms with Crippen LogP contribution in [-0.4, -0.2) is 17.0 Å². The molecule has 0 heterocycles. The minimum atomic E-state index is -0.727. The standard InChI is InChI=1S/C4H6N2OS2/c1-8-4(7)9(2)6-3-5/h1-2H3. The fourth-order valence-corrected chi connectivity index (χ4v) is 1.49. The molecule has 0 amide bonds. The van der Waals surface area contributed by atoms with E-state index in [0.29, 0.717) is 0 Å². The monoisotopic (exact) mass is 162 g/mol. The molecule has 0 aromatic heterocycles. The third-order valence-electron chi connectivity index (χ3n) is 0.586. The van der Waals surface area contributed by atoms with E-state index in [2.05, 4.69) is 4.36 Å². The molecule has 3 nitrogen and oxygen atoms in total. The fraction of sp³-hybridized carbons (Fsp3) is 0.500. The van der Waals surface area contributed by atoms with Crippen molar-refractivity contribution in [2.45, 2.75) is 0 Å². The average molecular weight is 162 g/mol. The number of nitriles is 1. The summed E-state index contributed by atoms with van der Waals surface area (Å²) in [6.07, 6.45) is 4.89. The molecule has 9 heavy (non-hydrogen) atoms. The fourth-order valence-electron chi connectivity index (χ4n) is 0.219. The van der Waals surface area contributed by atoms with E-state index in [9.17, 15) is 4.79 Å². The molecule has 1 unspecified atom stereocenters. The minimum Gasteiger partial charge on any atom is -0.273 e. The van der Waals surface area contributed by atoms with Crippen LogP contribution < -0.4 is 0 Å². The normalized spacial score (nSPS) is 12.6. The van der Waals surface area contributed by atoms with Crippen molar-refractivity contribution in [1.82, 2.24) is 0 Å². The van der Waals surface area contributed by atoms with E-state index in [1.54, 1.807) is 18.7 Å². The zero-order chi connectivity index (χ0) is 7.28. The Hall–Kier alpha value is -0.340. The maximum Gasteiger partial charge on any atom is 0.257 e. The second-order valence-electron chi connectivity index (χ2n) is 1.12. The van der Waals surface area contributed by atoms with Gasteiger partial charge in [0, 0.05) is 6.26 Å². The predicted molar refractivity (Wildman–Crippen MR) is 40.2 cm³/mol. The Morgan fingerprint density at radius 3 is 2.78 bits per heavy atom. The largest absolute Gasteiger partial charge is 0.273 e. The SMILES string of the molecule is CSC(=O)S(C)=NC#N. The van der Waals surface area contributed by atoms with Crippen molar-refractivity contribution in [3.05, 3.63) is 0 Å². The number of thioether (sulfide) groups is 1. The van der Waals surface area contributed by atoms with Crippen LogP contribution in [0.25, 0.3) is 0 Å². The van der Waals surface area contributed by atoms with Crippen LogP contribution in [0, 0.1) is 11.5 Å². The number of rotatable bonds is 0. The molecule has 0 saturated carbocycles. The quantitative estimate of drug-likeness (QED) is 0.506. The molecule has 0 radical (unpaired) electrons. The van der Waals surface area contributed by atoms with Gasteiger partial charge < -0.3 is 0 Å². The van der Waals surface area contributed by atoms with Gasteiger partial charge in [-0.25, -0.2) is 0 Å². The Balaban J connectivity index is 4.07. The van der Waals surface area contributed by atoms with E-state index in [0.717, 1.165) is 11.8 Å². The van der Waals surface area contributed by atoms with Crippen LogP contribution in [0.5, 0.6) is 0 Å². The third kappa shape index (κ3) is 3.27. The van der Waals surface area contributed by atoms with Crippen LogP contribution in [-0.2, 0) is 10.7 Å². The molecule has 0 spiro atoms. The first-order valence-electron chi connectivity index (χ1n) is 2.06. The van der Waals surface area contributed by atoms with Crippen molar-refractivity contribution >= 4 is 26.9 Å². The maximum atomic E-state index is 10.6. The van der Waals surface area contributed by atoms with Crippen molar-refractivity contribution in [2.24, 2.45) is 4.36 Å². The average Bonchev–Trinajstić information content (AvgIpc) is 1.87. The molecule has 5 heteroatoms. The Bertz CT molecular complexity index is 181. The first-order chi connectivity index (χ1) is 4.22. The van der Waals surface area contributed by atoms with E-state index in [1.165, 1.54) is 0 Å². The molecule has 50 valence electrons. The highest BCUT2D eigenvalue weighted by Crippen LogP contribution is 2.01. The molecule has 0 aromatic rings. The smallest absolute Gasteiger partial charge is 0.257 e. The molecule has 0 fully saturated rings. The van der Waals surface area contributed by atoms with Gasteiger partial charge in [0.2, 0.25) is 6.19 Å². The second-order valence-corrected chi connectivity index (χ2v) is 3.67. The highest BCUT2D eigenvalue weighted by molar-refractivity contribution is 8.33. The van der Waals surface area contributed by atoms with Crippen LogP contribution in [0.2, 0.25) is 0 Å². The lowest BCUT2D eigenvalue weighted by atomic mass is 11.5. The number of hydrogen-bond acceptors (Lipinski definition) is 4. The number of hydrogen-bond donors (Lipinski definition) is 0. The summed E-state index contributed by atoms with van der Waals surface area (Å²) in [4.78, 5) is 10.6. The van der Waals surface area contributed by atoms with Gasteiger partial charge in [0.1, 0.15) is 0 Å². The highest BCUT2D eigenvalue weighted by atomic mass is 32.2. The highest BCUT2D eigenvalue weighted by Gasteiger charge is 1.99. The molecule has 0 saturated heterocycles. The Kier molecular flexibility index (Phi) is 4.36. The van der Waals surface area contributed by atoms with Crippen LogP contribution in [0.15, 0.2) is 4.36 Å². The Labute approximate surface area is 60.5 Å². The van der Waals surface area contributed by atoms with E-state index in [4.69, 9.17) is 5.26 Å². The summed E-state index contributed by atoms with van der Waals surface area (Å²) in [7, 11) is -0.727. The van der Waals surface area contributed by atoms with E-state index >= 15 is 0 Å². The van der Waals surface area contributed by atoms with E-state index < -0.39 is 10.7 Å². The van der Waals surface area contributed by atoms with Crippen molar-refractivity contribution in [2.75, 3.05) is 12.5 Å². The van der Waals surface area contributed by atoms with Gasteiger partial charge in [0.25, 0.3) is 4.45 Å². The number of nitrogens with zero attached hydrogens (tertiary/aromatic N) is 2. The van der Waals surface area contributed by atoms with Gasteiger partial charge in [-0.05, 0) is 16.9 Å². The summed E-state index contributed by atoms with van der Waals surface area (Å²) in [5, 5.41) is 8.01. The van der Waals surface area contributed by atoms with Crippen LogP contribution in [0.4, 0.5) is 4.79 Å².